The minimum Gasteiger partial charge on any atom is -0.376 e. The first-order valence-electron chi connectivity index (χ1n) is 6.48. The molecular weight excluding hydrogens is 270 g/mol. The highest BCUT2D eigenvalue weighted by Gasteiger charge is 2.15. The molecule has 1 amide bonds. The lowest BCUT2D eigenvalue weighted by Gasteiger charge is -2.20. The van der Waals surface area contributed by atoms with Crippen LogP contribution in [0.2, 0.25) is 0 Å². The molecule has 0 aromatic heterocycles. The number of amides is 1. The van der Waals surface area contributed by atoms with Crippen LogP contribution in [0.1, 0.15) is 5.56 Å². The van der Waals surface area contributed by atoms with Crippen LogP contribution in [0.5, 0.6) is 0 Å². The summed E-state index contributed by atoms with van der Waals surface area (Å²) >= 11 is 0. The van der Waals surface area contributed by atoms with Gasteiger partial charge in [-0.3, -0.25) is 14.9 Å². The molecule has 21 heavy (non-hydrogen) atoms. The number of rotatable bonds is 8. The van der Waals surface area contributed by atoms with Crippen LogP contribution in [0.15, 0.2) is 43.5 Å². The summed E-state index contributed by atoms with van der Waals surface area (Å²) in [6.45, 7) is 9.78. The average Bonchev–Trinajstić information content (AvgIpc) is 2.45. The SMILES string of the molecule is C=CCN(CC=C)C(=O)CNc1cccc([N+](=O)[O-])c1C. The summed E-state index contributed by atoms with van der Waals surface area (Å²) in [4.78, 5) is 24.1. The Bertz CT molecular complexity index is 545. The summed E-state index contributed by atoms with van der Waals surface area (Å²) in [5.74, 6) is -0.124. The molecule has 0 atom stereocenters. The summed E-state index contributed by atoms with van der Waals surface area (Å²) in [7, 11) is 0. The van der Waals surface area contributed by atoms with Gasteiger partial charge in [-0.25, -0.2) is 0 Å². The average molecular weight is 289 g/mol. The number of hydrogen-bond acceptors (Lipinski definition) is 4. The summed E-state index contributed by atoms with van der Waals surface area (Å²) in [6, 6.07) is 4.73. The minimum absolute atomic E-state index is 0.0292. The Kier molecular flexibility index (Phi) is 6.13. The molecule has 1 aromatic rings. The van der Waals surface area contributed by atoms with Crippen molar-refractivity contribution in [1.82, 2.24) is 4.90 Å². The van der Waals surface area contributed by atoms with E-state index in [1.807, 2.05) is 0 Å². The third-order valence-corrected chi connectivity index (χ3v) is 2.98. The van der Waals surface area contributed by atoms with Crippen molar-refractivity contribution in [1.29, 1.82) is 0 Å². The summed E-state index contributed by atoms with van der Waals surface area (Å²) in [5, 5.41) is 13.8. The summed E-state index contributed by atoms with van der Waals surface area (Å²) in [5.41, 5.74) is 1.12. The van der Waals surface area contributed by atoms with Gasteiger partial charge in [0.2, 0.25) is 5.91 Å². The van der Waals surface area contributed by atoms with Crippen molar-refractivity contribution < 1.29 is 9.72 Å². The lowest BCUT2D eigenvalue weighted by atomic mass is 10.1. The van der Waals surface area contributed by atoms with Crippen LogP contribution in [0.3, 0.4) is 0 Å². The molecule has 1 aromatic carbocycles. The number of nitrogens with zero attached hydrogens (tertiary/aromatic N) is 2. The number of nitro benzene ring substituents is 1. The van der Waals surface area contributed by atoms with Crippen LogP contribution in [-0.4, -0.2) is 35.4 Å². The fourth-order valence-corrected chi connectivity index (χ4v) is 1.89. The molecule has 1 rings (SSSR count). The maximum absolute atomic E-state index is 12.1. The van der Waals surface area contributed by atoms with Gasteiger partial charge in [-0.2, -0.15) is 0 Å². The molecule has 0 saturated carbocycles. The molecule has 6 heteroatoms. The van der Waals surface area contributed by atoms with E-state index in [4.69, 9.17) is 0 Å². The topological polar surface area (TPSA) is 75.5 Å². The van der Waals surface area contributed by atoms with E-state index in [0.29, 0.717) is 24.3 Å². The van der Waals surface area contributed by atoms with Crippen molar-refractivity contribution >= 4 is 17.3 Å². The second-order valence-electron chi connectivity index (χ2n) is 4.44. The van der Waals surface area contributed by atoms with Crippen LogP contribution in [0.25, 0.3) is 0 Å². The van der Waals surface area contributed by atoms with E-state index in [9.17, 15) is 14.9 Å². The van der Waals surface area contributed by atoms with Gasteiger partial charge < -0.3 is 10.2 Å². The van der Waals surface area contributed by atoms with E-state index >= 15 is 0 Å². The van der Waals surface area contributed by atoms with Crippen molar-refractivity contribution in [3.05, 3.63) is 59.2 Å². The molecule has 0 spiro atoms. The first-order valence-corrected chi connectivity index (χ1v) is 6.48. The fraction of sp³-hybridized carbons (Fsp3) is 0.267. The molecule has 6 nitrogen and oxygen atoms in total. The van der Waals surface area contributed by atoms with Gasteiger partial charge in [-0.05, 0) is 13.0 Å². The summed E-state index contributed by atoms with van der Waals surface area (Å²) in [6.07, 6.45) is 3.28. The second-order valence-corrected chi connectivity index (χ2v) is 4.44. The molecule has 0 radical (unpaired) electrons. The maximum Gasteiger partial charge on any atom is 0.274 e. The van der Waals surface area contributed by atoms with Crippen molar-refractivity contribution in [2.24, 2.45) is 0 Å². The Morgan fingerprint density at radius 3 is 2.52 bits per heavy atom. The van der Waals surface area contributed by atoms with Gasteiger partial charge in [0.1, 0.15) is 0 Å². The highest BCUT2D eigenvalue weighted by molar-refractivity contribution is 5.81. The quantitative estimate of drug-likeness (QED) is 0.453. The fourth-order valence-electron chi connectivity index (χ4n) is 1.89. The van der Waals surface area contributed by atoms with Crippen LogP contribution in [0.4, 0.5) is 11.4 Å². The highest BCUT2D eigenvalue weighted by Crippen LogP contribution is 2.24. The molecule has 112 valence electrons. The Morgan fingerprint density at radius 2 is 2.00 bits per heavy atom. The molecule has 0 unspecified atom stereocenters. The minimum atomic E-state index is -0.440. The van der Waals surface area contributed by atoms with Crippen molar-refractivity contribution in [2.45, 2.75) is 6.92 Å². The first-order chi connectivity index (χ1) is 10.0. The van der Waals surface area contributed by atoms with Gasteiger partial charge in [0.15, 0.2) is 0 Å². The molecule has 0 fully saturated rings. The molecule has 0 bridgehead atoms. The molecule has 1 N–H and O–H groups in total. The molecule has 0 aliphatic rings. The Hall–Kier alpha value is -2.63. The second kappa shape index (κ2) is 7.84. The standard InChI is InChI=1S/C15H19N3O3/c1-4-9-17(10-5-2)15(19)11-16-13-7-6-8-14(12(13)3)18(20)21/h4-8,16H,1-2,9-11H2,3H3. The van der Waals surface area contributed by atoms with Gasteiger partial charge in [-0.1, -0.05) is 18.2 Å². The van der Waals surface area contributed by atoms with Gasteiger partial charge in [-0.15, -0.1) is 13.2 Å². The van der Waals surface area contributed by atoms with E-state index in [0.717, 1.165) is 0 Å². The van der Waals surface area contributed by atoms with Crippen LogP contribution >= 0.6 is 0 Å². The van der Waals surface area contributed by atoms with Gasteiger partial charge >= 0.3 is 0 Å². The predicted molar refractivity (Wildman–Crippen MR) is 83.3 cm³/mol. The molecule has 0 aliphatic carbocycles. The van der Waals surface area contributed by atoms with Crippen molar-refractivity contribution in [2.75, 3.05) is 25.0 Å². The van der Waals surface area contributed by atoms with Gasteiger partial charge in [0.25, 0.3) is 5.69 Å². The third kappa shape index (κ3) is 4.45. The van der Waals surface area contributed by atoms with Crippen LogP contribution < -0.4 is 5.32 Å². The largest absolute Gasteiger partial charge is 0.376 e. The van der Waals surface area contributed by atoms with E-state index in [1.165, 1.54) is 6.07 Å². The van der Waals surface area contributed by atoms with Gasteiger partial charge in [0, 0.05) is 30.4 Å². The lowest BCUT2D eigenvalue weighted by molar-refractivity contribution is -0.385. The lowest BCUT2D eigenvalue weighted by Crippen LogP contribution is -2.35. The summed E-state index contributed by atoms with van der Waals surface area (Å²) < 4.78 is 0. The highest BCUT2D eigenvalue weighted by atomic mass is 16.6. The van der Waals surface area contributed by atoms with E-state index in [2.05, 4.69) is 18.5 Å². The smallest absolute Gasteiger partial charge is 0.274 e. The van der Waals surface area contributed by atoms with E-state index < -0.39 is 4.92 Å². The van der Waals surface area contributed by atoms with Crippen LogP contribution in [-0.2, 0) is 4.79 Å². The van der Waals surface area contributed by atoms with E-state index in [-0.39, 0.29) is 18.1 Å². The third-order valence-electron chi connectivity index (χ3n) is 2.98. The number of hydrogen-bond donors (Lipinski definition) is 1. The monoisotopic (exact) mass is 289 g/mol. The number of carbonyl (C=O) groups excluding carboxylic acids is 1. The molecule has 0 heterocycles. The predicted octanol–water partition coefficient (Wildman–Crippen LogP) is 2.52. The zero-order chi connectivity index (χ0) is 15.8. The zero-order valence-electron chi connectivity index (χ0n) is 12.0. The Morgan fingerprint density at radius 1 is 1.38 bits per heavy atom. The number of nitro groups is 1. The van der Waals surface area contributed by atoms with Gasteiger partial charge in [0.05, 0.1) is 11.5 Å². The van der Waals surface area contributed by atoms with E-state index in [1.54, 1.807) is 36.1 Å². The Balaban J connectivity index is 2.76. The zero-order valence-corrected chi connectivity index (χ0v) is 12.0. The van der Waals surface area contributed by atoms with Crippen LogP contribution in [0, 0.1) is 17.0 Å². The molecule has 0 saturated heterocycles. The number of nitrogens with one attached hydrogen (secondary N) is 1. The molecule has 0 aliphatic heterocycles. The van der Waals surface area contributed by atoms with Crippen molar-refractivity contribution in [3.8, 4) is 0 Å². The Labute approximate surface area is 123 Å². The molecular formula is C15H19N3O3. The van der Waals surface area contributed by atoms with Crippen molar-refractivity contribution in [3.63, 3.8) is 0 Å². The number of anilines is 1. The maximum atomic E-state index is 12.1. The first kappa shape index (κ1) is 16.4. The number of benzene rings is 1. The number of carbonyl (C=O) groups is 1. The normalized spacial score (nSPS) is 9.76.